The van der Waals surface area contributed by atoms with Crippen LogP contribution in [0.4, 0.5) is 4.79 Å². The van der Waals surface area contributed by atoms with Gasteiger partial charge in [-0.15, -0.1) is 0 Å². The topological polar surface area (TPSA) is 73.7 Å². The second-order valence-corrected chi connectivity index (χ2v) is 4.62. The number of rotatable bonds is 7. The van der Waals surface area contributed by atoms with Gasteiger partial charge < -0.3 is 14.9 Å². The van der Waals surface area contributed by atoms with Crippen LogP contribution in [0.5, 0.6) is 0 Å². The van der Waals surface area contributed by atoms with E-state index in [1.54, 1.807) is 24.3 Å². The molecule has 6 heteroatoms. The fraction of sp³-hybridized carbons (Fsp3) is 0.500. The summed E-state index contributed by atoms with van der Waals surface area (Å²) in [7, 11) is 1.69. The number of aromatic nitrogens is 1. The van der Waals surface area contributed by atoms with Crippen LogP contribution in [0.15, 0.2) is 24.5 Å². The van der Waals surface area contributed by atoms with E-state index in [2.05, 4.69) is 4.98 Å². The highest BCUT2D eigenvalue weighted by atomic mass is 16.4. The molecule has 20 heavy (non-hydrogen) atoms. The van der Waals surface area contributed by atoms with Crippen LogP contribution in [0, 0.1) is 0 Å². The molecule has 1 heterocycles. The summed E-state index contributed by atoms with van der Waals surface area (Å²) >= 11 is 0. The molecule has 1 aromatic heterocycles. The summed E-state index contributed by atoms with van der Waals surface area (Å²) in [5.74, 6) is -0.991. The molecule has 0 unspecified atom stereocenters. The summed E-state index contributed by atoms with van der Waals surface area (Å²) in [6, 6.07) is 3.56. The van der Waals surface area contributed by atoms with Gasteiger partial charge in [-0.1, -0.05) is 6.92 Å². The van der Waals surface area contributed by atoms with Gasteiger partial charge in [0.05, 0.1) is 0 Å². The van der Waals surface area contributed by atoms with Crippen LogP contribution in [-0.2, 0) is 11.2 Å². The van der Waals surface area contributed by atoms with Crippen molar-refractivity contribution >= 4 is 12.0 Å². The van der Waals surface area contributed by atoms with Crippen LogP contribution in [-0.4, -0.2) is 58.6 Å². The first-order valence-corrected chi connectivity index (χ1v) is 6.65. The highest BCUT2D eigenvalue weighted by Crippen LogP contribution is 2.03. The van der Waals surface area contributed by atoms with Gasteiger partial charge in [-0.25, -0.2) is 4.79 Å². The molecule has 1 N–H and O–H groups in total. The molecule has 1 rings (SSSR count). The zero-order valence-electron chi connectivity index (χ0n) is 12.0. The summed E-state index contributed by atoms with van der Waals surface area (Å²) < 4.78 is 0. The second-order valence-electron chi connectivity index (χ2n) is 4.62. The van der Waals surface area contributed by atoms with E-state index in [0.717, 1.165) is 18.4 Å². The first-order valence-electron chi connectivity index (χ1n) is 6.65. The number of aliphatic carboxylic acids is 1. The highest BCUT2D eigenvalue weighted by Gasteiger charge is 2.19. The number of hydrogen-bond donors (Lipinski definition) is 1. The molecule has 0 atom stereocenters. The average molecular weight is 279 g/mol. The Morgan fingerprint density at radius 3 is 2.45 bits per heavy atom. The number of carboxylic acid groups (broad SMARTS) is 1. The average Bonchev–Trinajstić information content (AvgIpc) is 2.44. The molecule has 0 aliphatic heterocycles. The molecule has 0 spiro atoms. The Bertz CT molecular complexity index is 437. The molecular formula is C14H21N3O3. The maximum absolute atomic E-state index is 12.2. The van der Waals surface area contributed by atoms with Crippen LogP contribution >= 0.6 is 0 Å². The van der Waals surface area contributed by atoms with Gasteiger partial charge in [-0.05, 0) is 30.5 Å². The summed E-state index contributed by atoms with van der Waals surface area (Å²) in [5.41, 5.74) is 1.10. The van der Waals surface area contributed by atoms with Gasteiger partial charge in [0, 0.05) is 32.5 Å². The molecule has 0 aliphatic rings. The maximum atomic E-state index is 12.2. The van der Waals surface area contributed by atoms with Crippen LogP contribution in [0.3, 0.4) is 0 Å². The molecule has 6 nitrogen and oxygen atoms in total. The van der Waals surface area contributed by atoms with Crippen molar-refractivity contribution in [2.75, 3.05) is 26.7 Å². The number of nitrogens with zero attached hydrogens (tertiary/aromatic N) is 3. The normalized spacial score (nSPS) is 10.1. The van der Waals surface area contributed by atoms with Crippen LogP contribution in [0.1, 0.15) is 18.9 Å². The first kappa shape index (κ1) is 15.9. The fourth-order valence-corrected chi connectivity index (χ4v) is 1.86. The van der Waals surface area contributed by atoms with Crippen molar-refractivity contribution in [3.63, 3.8) is 0 Å². The molecule has 0 bridgehead atoms. The minimum absolute atomic E-state index is 0.247. The zero-order valence-corrected chi connectivity index (χ0v) is 12.0. The van der Waals surface area contributed by atoms with Gasteiger partial charge in [0.25, 0.3) is 0 Å². The summed E-state index contributed by atoms with van der Waals surface area (Å²) in [4.78, 5) is 29.8. The number of hydrogen-bond acceptors (Lipinski definition) is 3. The van der Waals surface area contributed by atoms with Crippen molar-refractivity contribution in [2.24, 2.45) is 0 Å². The predicted octanol–water partition coefficient (Wildman–Crippen LogP) is 1.47. The number of amides is 2. The maximum Gasteiger partial charge on any atom is 0.323 e. The number of urea groups is 1. The molecule has 2 amide bonds. The molecule has 0 aliphatic carbocycles. The molecule has 0 saturated heterocycles. The van der Waals surface area contributed by atoms with Crippen LogP contribution < -0.4 is 0 Å². The molecule has 1 aromatic rings. The van der Waals surface area contributed by atoms with Gasteiger partial charge in [0.2, 0.25) is 0 Å². The van der Waals surface area contributed by atoms with E-state index in [4.69, 9.17) is 5.11 Å². The third-order valence-corrected chi connectivity index (χ3v) is 2.90. The van der Waals surface area contributed by atoms with E-state index < -0.39 is 5.97 Å². The lowest BCUT2D eigenvalue weighted by Gasteiger charge is -2.26. The molecule has 0 radical (unpaired) electrons. The summed E-state index contributed by atoms with van der Waals surface area (Å²) in [6.45, 7) is 2.65. The Hall–Kier alpha value is -2.11. The van der Waals surface area contributed by atoms with Gasteiger partial charge >= 0.3 is 12.0 Å². The molecular weight excluding hydrogens is 258 g/mol. The van der Waals surface area contributed by atoms with Gasteiger partial charge in [-0.3, -0.25) is 9.78 Å². The Balaban J connectivity index is 2.53. The predicted molar refractivity (Wildman–Crippen MR) is 75.5 cm³/mol. The van der Waals surface area contributed by atoms with Gasteiger partial charge in [0.1, 0.15) is 6.54 Å². The van der Waals surface area contributed by atoms with Gasteiger partial charge in [0.15, 0.2) is 0 Å². The third-order valence-electron chi connectivity index (χ3n) is 2.90. The number of carbonyl (C=O) groups is 2. The quantitative estimate of drug-likeness (QED) is 0.820. The largest absolute Gasteiger partial charge is 0.480 e. The first-order chi connectivity index (χ1) is 9.54. The van der Waals surface area contributed by atoms with E-state index in [9.17, 15) is 9.59 Å². The molecule has 0 saturated carbocycles. The Kier molecular flexibility index (Phi) is 6.49. The number of carboxylic acids is 1. The Morgan fingerprint density at radius 1 is 1.25 bits per heavy atom. The summed E-state index contributed by atoms with van der Waals surface area (Å²) in [6.07, 6.45) is 4.88. The lowest BCUT2D eigenvalue weighted by molar-refractivity contribution is -0.137. The van der Waals surface area contributed by atoms with E-state index in [1.807, 2.05) is 19.1 Å². The smallest absolute Gasteiger partial charge is 0.323 e. The molecule has 0 fully saturated rings. The van der Waals surface area contributed by atoms with Crippen molar-refractivity contribution in [3.05, 3.63) is 30.1 Å². The lowest BCUT2D eigenvalue weighted by atomic mass is 10.2. The van der Waals surface area contributed by atoms with Crippen molar-refractivity contribution in [3.8, 4) is 0 Å². The van der Waals surface area contributed by atoms with Crippen molar-refractivity contribution in [1.82, 2.24) is 14.8 Å². The monoisotopic (exact) mass is 279 g/mol. The Morgan fingerprint density at radius 2 is 1.90 bits per heavy atom. The highest BCUT2D eigenvalue weighted by molar-refractivity contribution is 5.80. The third kappa shape index (κ3) is 5.26. The zero-order chi connectivity index (χ0) is 15.0. The van der Waals surface area contributed by atoms with Crippen molar-refractivity contribution in [1.29, 1.82) is 0 Å². The Labute approximate surface area is 119 Å². The number of carbonyl (C=O) groups excluding carboxylic acids is 1. The SMILES string of the molecule is CCCN(CC(=O)O)C(=O)N(C)CCc1ccncc1. The second kappa shape index (κ2) is 8.14. The molecule has 0 aromatic carbocycles. The number of likely N-dealkylation sites (N-methyl/N-ethyl adjacent to an activating group) is 1. The van der Waals surface area contributed by atoms with Gasteiger partial charge in [-0.2, -0.15) is 0 Å². The van der Waals surface area contributed by atoms with Crippen molar-refractivity contribution in [2.45, 2.75) is 19.8 Å². The fourth-order valence-electron chi connectivity index (χ4n) is 1.86. The minimum Gasteiger partial charge on any atom is -0.480 e. The minimum atomic E-state index is -0.991. The van der Waals surface area contributed by atoms with E-state index in [-0.39, 0.29) is 12.6 Å². The van der Waals surface area contributed by atoms with Crippen LogP contribution in [0.25, 0.3) is 0 Å². The van der Waals surface area contributed by atoms with Crippen LogP contribution in [0.2, 0.25) is 0 Å². The number of pyridine rings is 1. The van der Waals surface area contributed by atoms with E-state index >= 15 is 0 Å². The summed E-state index contributed by atoms with van der Waals surface area (Å²) in [5, 5.41) is 8.83. The molecule has 110 valence electrons. The van der Waals surface area contributed by atoms with E-state index in [1.165, 1.54) is 4.90 Å². The van der Waals surface area contributed by atoms with Crippen molar-refractivity contribution < 1.29 is 14.7 Å². The van der Waals surface area contributed by atoms with E-state index in [0.29, 0.717) is 13.1 Å². The lowest BCUT2D eigenvalue weighted by Crippen LogP contribution is -2.44. The standard InChI is InChI=1S/C14H21N3O3/c1-3-9-17(11-13(18)19)14(20)16(2)10-6-12-4-7-15-8-5-12/h4-5,7-8H,3,6,9-11H2,1-2H3,(H,18,19).